The summed E-state index contributed by atoms with van der Waals surface area (Å²) in [5.41, 5.74) is 7.76. The van der Waals surface area contributed by atoms with Gasteiger partial charge >= 0.3 is 0 Å². The maximum absolute atomic E-state index is 6.15. The summed E-state index contributed by atoms with van der Waals surface area (Å²) in [4.78, 5) is 2.09. The van der Waals surface area contributed by atoms with Crippen LogP contribution in [0.2, 0.25) is 5.02 Å². The molecule has 0 bridgehead atoms. The van der Waals surface area contributed by atoms with E-state index in [2.05, 4.69) is 4.90 Å². The largest absolute Gasteiger partial charge is 0.464 e. The maximum Gasteiger partial charge on any atom is 0.123 e. The van der Waals surface area contributed by atoms with Crippen LogP contribution in [0.5, 0.6) is 0 Å². The van der Waals surface area contributed by atoms with Crippen LogP contribution in [0.4, 0.5) is 5.69 Å². The molecule has 0 aliphatic rings. The van der Waals surface area contributed by atoms with Gasteiger partial charge < -0.3 is 15.1 Å². The Morgan fingerprint density at radius 1 is 1.28 bits per heavy atom. The highest BCUT2D eigenvalue weighted by Gasteiger charge is 2.11. The van der Waals surface area contributed by atoms with Crippen LogP contribution >= 0.6 is 11.6 Å². The normalized spacial score (nSPS) is 10.7. The molecule has 0 atom stereocenters. The van der Waals surface area contributed by atoms with Crippen LogP contribution in [-0.2, 0) is 13.1 Å². The highest BCUT2D eigenvalue weighted by Crippen LogP contribution is 2.27. The summed E-state index contributed by atoms with van der Waals surface area (Å²) < 4.78 is 5.57. The molecule has 2 aromatic rings. The molecule has 1 aromatic heterocycles. The first-order valence-corrected chi connectivity index (χ1v) is 6.23. The van der Waals surface area contributed by atoms with Gasteiger partial charge in [0.25, 0.3) is 0 Å². The lowest BCUT2D eigenvalue weighted by atomic mass is 10.1. The molecular formula is C14H17ClN2O. The fourth-order valence-electron chi connectivity index (χ4n) is 2.00. The second-order valence-corrected chi connectivity index (χ2v) is 4.72. The van der Waals surface area contributed by atoms with Crippen molar-refractivity contribution in [3.63, 3.8) is 0 Å². The van der Waals surface area contributed by atoms with Gasteiger partial charge in [-0.2, -0.15) is 0 Å². The summed E-state index contributed by atoms with van der Waals surface area (Å²) in [6.07, 6.45) is 0. The fourth-order valence-corrected chi connectivity index (χ4v) is 2.24. The van der Waals surface area contributed by atoms with Crippen LogP contribution in [0.3, 0.4) is 0 Å². The number of rotatable bonds is 4. The Bertz CT molecular complexity index is 536. The van der Waals surface area contributed by atoms with Gasteiger partial charge in [-0.3, -0.25) is 0 Å². The number of hydrogen-bond acceptors (Lipinski definition) is 3. The predicted octanol–water partition coefficient (Wildman–Crippen LogP) is 3.34. The minimum absolute atomic E-state index is 0.427. The van der Waals surface area contributed by atoms with Gasteiger partial charge in [-0.25, -0.2) is 0 Å². The molecule has 0 unspecified atom stereocenters. The lowest BCUT2D eigenvalue weighted by Gasteiger charge is -2.21. The molecule has 0 fully saturated rings. The average molecular weight is 265 g/mol. The zero-order chi connectivity index (χ0) is 13.1. The number of aryl methyl sites for hydroxylation is 1. The Labute approximate surface area is 112 Å². The van der Waals surface area contributed by atoms with E-state index in [0.717, 1.165) is 22.8 Å². The Hall–Kier alpha value is -1.45. The van der Waals surface area contributed by atoms with Gasteiger partial charge in [0.15, 0.2) is 0 Å². The first kappa shape index (κ1) is 13.0. The van der Waals surface area contributed by atoms with E-state index >= 15 is 0 Å². The van der Waals surface area contributed by atoms with E-state index in [1.807, 2.05) is 44.3 Å². The molecule has 1 aromatic carbocycles. The molecule has 18 heavy (non-hydrogen) atoms. The van der Waals surface area contributed by atoms with E-state index in [9.17, 15) is 0 Å². The number of nitrogens with zero attached hydrogens (tertiary/aromatic N) is 1. The Balaban J connectivity index is 2.23. The quantitative estimate of drug-likeness (QED) is 0.921. The van der Waals surface area contributed by atoms with Crippen LogP contribution in [-0.4, -0.2) is 7.05 Å². The molecule has 0 aliphatic heterocycles. The van der Waals surface area contributed by atoms with Crippen LogP contribution < -0.4 is 10.6 Å². The van der Waals surface area contributed by atoms with Crippen LogP contribution in [0.25, 0.3) is 0 Å². The molecule has 0 aliphatic carbocycles. The van der Waals surface area contributed by atoms with Gasteiger partial charge in [0.05, 0.1) is 6.54 Å². The molecule has 4 heteroatoms. The number of furan rings is 1. The van der Waals surface area contributed by atoms with Gasteiger partial charge in [0.1, 0.15) is 11.5 Å². The number of benzene rings is 1. The third-order valence-electron chi connectivity index (χ3n) is 2.90. The summed E-state index contributed by atoms with van der Waals surface area (Å²) in [7, 11) is 2.00. The summed E-state index contributed by atoms with van der Waals surface area (Å²) >= 11 is 6.15. The van der Waals surface area contributed by atoms with E-state index in [-0.39, 0.29) is 0 Å². The fraction of sp³-hybridized carbons (Fsp3) is 0.286. The van der Waals surface area contributed by atoms with Crippen molar-refractivity contribution in [2.24, 2.45) is 5.73 Å². The zero-order valence-corrected chi connectivity index (χ0v) is 11.4. The van der Waals surface area contributed by atoms with Crippen molar-refractivity contribution in [2.75, 3.05) is 11.9 Å². The van der Waals surface area contributed by atoms with Crippen molar-refractivity contribution in [2.45, 2.75) is 20.0 Å². The van der Waals surface area contributed by atoms with Gasteiger partial charge in [0.2, 0.25) is 0 Å². The van der Waals surface area contributed by atoms with Gasteiger partial charge in [0, 0.05) is 29.9 Å². The average Bonchev–Trinajstić information content (AvgIpc) is 2.74. The van der Waals surface area contributed by atoms with E-state index in [4.69, 9.17) is 21.8 Å². The second kappa shape index (κ2) is 5.46. The summed E-state index contributed by atoms with van der Waals surface area (Å²) in [5.74, 6) is 1.85. The van der Waals surface area contributed by atoms with Gasteiger partial charge in [-0.05, 0) is 31.2 Å². The second-order valence-electron chi connectivity index (χ2n) is 4.31. The molecule has 0 amide bonds. The summed E-state index contributed by atoms with van der Waals surface area (Å²) in [5, 5.41) is 0.706. The smallest absolute Gasteiger partial charge is 0.123 e. The lowest BCUT2D eigenvalue weighted by molar-refractivity contribution is 0.481. The highest BCUT2D eigenvalue weighted by molar-refractivity contribution is 6.31. The first-order valence-electron chi connectivity index (χ1n) is 5.85. The van der Waals surface area contributed by atoms with Crippen molar-refractivity contribution >= 4 is 17.3 Å². The van der Waals surface area contributed by atoms with E-state index < -0.39 is 0 Å². The zero-order valence-electron chi connectivity index (χ0n) is 10.6. The van der Waals surface area contributed by atoms with Gasteiger partial charge in [-0.1, -0.05) is 17.7 Å². The maximum atomic E-state index is 6.15. The van der Waals surface area contributed by atoms with Gasteiger partial charge in [-0.15, -0.1) is 0 Å². The third-order valence-corrected chi connectivity index (χ3v) is 3.25. The molecule has 0 saturated heterocycles. The number of anilines is 1. The molecule has 1 heterocycles. The number of halogens is 1. The predicted molar refractivity (Wildman–Crippen MR) is 74.9 cm³/mol. The SMILES string of the molecule is Cc1ccc(CN(C)c2cccc(Cl)c2CN)o1. The summed E-state index contributed by atoms with van der Waals surface area (Å²) in [6.45, 7) is 3.06. The molecule has 3 nitrogen and oxygen atoms in total. The molecular weight excluding hydrogens is 248 g/mol. The van der Waals surface area contributed by atoms with Crippen molar-refractivity contribution in [3.05, 3.63) is 52.4 Å². The Morgan fingerprint density at radius 3 is 2.67 bits per heavy atom. The van der Waals surface area contributed by atoms with E-state index in [1.54, 1.807) is 0 Å². The standard InChI is InChI=1S/C14H17ClN2O/c1-10-6-7-11(18-10)9-17(2)14-5-3-4-13(15)12(14)8-16/h3-7H,8-9,16H2,1-2H3. The number of hydrogen-bond donors (Lipinski definition) is 1. The summed E-state index contributed by atoms with van der Waals surface area (Å²) in [6, 6.07) is 9.76. The minimum Gasteiger partial charge on any atom is -0.464 e. The Morgan fingerprint density at radius 2 is 2.06 bits per heavy atom. The monoisotopic (exact) mass is 264 g/mol. The Kier molecular flexibility index (Phi) is 3.94. The first-order chi connectivity index (χ1) is 8.61. The minimum atomic E-state index is 0.427. The van der Waals surface area contributed by atoms with Crippen LogP contribution in [0.15, 0.2) is 34.7 Å². The molecule has 0 spiro atoms. The molecule has 96 valence electrons. The molecule has 0 radical (unpaired) electrons. The van der Waals surface area contributed by atoms with Crippen LogP contribution in [0, 0.1) is 6.92 Å². The molecule has 2 rings (SSSR count). The van der Waals surface area contributed by atoms with E-state index in [0.29, 0.717) is 18.1 Å². The van der Waals surface area contributed by atoms with Crippen molar-refractivity contribution < 1.29 is 4.42 Å². The van der Waals surface area contributed by atoms with Crippen molar-refractivity contribution in [3.8, 4) is 0 Å². The highest BCUT2D eigenvalue weighted by atomic mass is 35.5. The van der Waals surface area contributed by atoms with Crippen LogP contribution in [0.1, 0.15) is 17.1 Å². The van der Waals surface area contributed by atoms with Crippen molar-refractivity contribution in [1.82, 2.24) is 0 Å². The van der Waals surface area contributed by atoms with E-state index in [1.165, 1.54) is 0 Å². The lowest BCUT2D eigenvalue weighted by Crippen LogP contribution is -2.18. The third kappa shape index (κ3) is 2.68. The molecule has 0 saturated carbocycles. The van der Waals surface area contributed by atoms with Crippen molar-refractivity contribution in [1.29, 1.82) is 0 Å². The topological polar surface area (TPSA) is 42.4 Å². The number of nitrogens with two attached hydrogens (primary N) is 1. The molecule has 2 N–H and O–H groups in total.